The van der Waals surface area contributed by atoms with Gasteiger partial charge in [-0.1, -0.05) is 12.1 Å². The van der Waals surface area contributed by atoms with E-state index >= 15 is 0 Å². The van der Waals surface area contributed by atoms with E-state index < -0.39 is 5.54 Å². The highest BCUT2D eigenvalue weighted by atomic mass is 16.5. The Bertz CT molecular complexity index is 456. The fraction of sp³-hybridized carbons (Fsp3) is 0.533. The van der Waals surface area contributed by atoms with Gasteiger partial charge in [-0.2, -0.15) is 0 Å². The molecule has 1 amide bonds. The van der Waals surface area contributed by atoms with Crippen molar-refractivity contribution in [2.24, 2.45) is 5.92 Å². The van der Waals surface area contributed by atoms with Crippen LogP contribution in [0.1, 0.15) is 25.3 Å². The van der Waals surface area contributed by atoms with Gasteiger partial charge < -0.3 is 15.2 Å². The van der Waals surface area contributed by atoms with Gasteiger partial charge in [0.05, 0.1) is 12.1 Å². The number of rotatable bonds is 6. The van der Waals surface area contributed by atoms with Crippen LogP contribution in [0.15, 0.2) is 24.3 Å². The molecule has 0 aliphatic heterocycles. The van der Waals surface area contributed by atoms with Crippen LogP contribution in [-0.4, -0.2) is 29.8 Å². The first-order valence-electron chi connectivity index (χ1n) is 6.65. The maximum atomic E-state index is 11.9. The van der Waals surface area contributed by atoms with E-state index in [9.17, 15) is 9.90 Å². The number of carbonyl (C=O) groups excluding carboxylic acids is 1. The van der Waals surface area contributed by atoms with E-state index in [2.05, 4.69) is 5.32 Å². The molecule has 19 heavy (non-hydrogen) atoms. The van der Waals surface area contributed by atoms with E-state index in [1.54, 1.807) is 0 Å². The lowest BCUT2D eigenvalue weighted by molar-refractivity contribution is -0.125. The van der Waals surface area contributed by atoms with Crippen molar-refractivity contribution in [2.75, 3.05) is 13.2 Å². The monoisotopic (exact) mass is 263 g/mol. The Morgan fingerprint density at radius 3 is 2.84 bits per heavy atom. The largest absolute Gasteiger partial charge is 0.484 e. The number of hydrogen-bond acceptors (Lipinski definition) is 3. The molecular formula is C15H21NO3. The molecule has 0 saturated heterocycles. The molecule has 0 spiro atoms. The number of ether oxygens (including phenoxy) is 1. The molecule has 2 N–H and O–H groups in total. The zero-order valence-electron chi connectivity index (χ0n) is 11.5. The van der Waals surface area contributed by atoms with Crippen LogP contribution in [-0.2, 0) is 4.79 Å². The first kappa shape index (κ1) is 13.9. The minimum absolute atomic E-state index is 0.0221. The Morgan fingerprint density at radius 2 is 2.26 bits per heavy atom. The van der Waals surface area contributed by atoms with Gasteiger partial charge in [-0.15, -0.1) is 0 Å². The van der Waals surface area contributed by atoms with Crippen LogP contribution < -0.4 is 10.1 Å². The molecular weight excluding hydrogens is 242 g/mol. The van der Waals surface area contributed by atoms with Crippen LogP contribution in [0.25, 0.3) is 0 Å². The predicted molar refractivity (Wildman–Crippen MR) is 73.0 cm³/mol. The highest BCUT2D eigenvalue weighted by Gasteiger charge is 2.42. The number of hydrogen-bond donors (Lipinski definition) is 2. The molecule has 2 rings (SSSR count). The SMILES string of the molecule is Cc1cccc(OCC(=O)NC(C)(CO)C2CC2)c1. The lowest BCUT2D eigenvalue weighted by Gasteiger charge is -2.28. The third kappa shape index (κ3) is 3.70. The predicted octanol–water partition coefficient (Wildman–Crippen LogP) is 1.65. The van der Waals surface area contributed by atoms with E-state index in [1.807, 2.05) is 38.1 Å². The third-order valence-electron chi connectivity index (χ3n) is 3.59. The first-order chi connectivity index (χ1) is 9.03. The molecule has 1 atom stereocenters. The molecule has 0 radical (unpaired) electrons. The van der Waals surface area contributed by atoms with Gasteiger partial charge in [0.15, 0.2) is 6.61 Å². The van der Waals surface area contributed by atoms with Crippen molar-refractivity contribution in [3.63, 3.8) is 0 Å². The molecule has 4 heteroatoms. The number of carbonyl (C=O) groups is 1. The van der Waals surface area contributed by atoms with E-state index in [-0.39, 0.29) is 19.1 Å². The van der Waals surface area contributed by atoms with Crippen molar-refractivity contribution < 1.29 is 14.6 Å². The van der Waals surface area contributed by atoms with Crippen molar-refractivity contribution in [2.45, 2.75) is 32.2 Å². The van der Waals surface area contributed by atoms with Crippen LogP contribution in [0.3, 0.4) is 0 Å². The second-order valence-electron chi connectivity index (χ2n) is 5.50. The summed E-state index contributed by atoms with van der Waals surface area (Å²) in [5, 5.41) is 12.3. The molecule has 1 aliphatic carbocycles. The van der Waals surface area contributed by atoms with Crippen molar-refractivity contribution in [1.82, 2.24) is 5.32 Å². The lowest BCUT2D eigenvalue weighted by Crippen LogP contribution is -2.52. The van der Waals surface area contributed by atoms with Gasteiger partial charge in [-0.05, 0) is 50.3 Å². The number of aliphatic hydroxyl groups excluding tert-OH is 1. The fourth-order valence-electron chi connectivity index (χ4n) is 2.20. The molecule has 1 aromatic rings. The summed E-state index contributed by atoms with van der Waals surface area (Å²) in [6.07, 6.45) is 2.13. The molecule has 4 nitrogen and oxygen atoms in total. The normalized spacial score (nSPS) is 17.6. The van der Waals surface area contributed by atoms with Crippen LogP contribution in [0.2, 0.25) is 0 Å². The number of aryl methyl sites for hydroxylation is 1. The Balaban J connectivity index is 1.84. The maximum Gasteiger partial charge on any atom is 0.258 e. The van der Waals surface area contributed by atoms with Crippen LogP contribution >= 0.6 is 0 Å². The zero-order chi connectivity index (χ0) is 13.9. The van der Waals surface area contributed by atoms with Gasteiger partial charge in [0.1, 0.15) is 5.75 Å². The third-order valence-corrected chi connectivity index (χ3v) is 3.59. The summed E-state index contributed by atoms with van der Waals surface area (Å²) in [4.78, 5) is 11.9. The van der Waals surface area contributed by atoms with Gasteiger partial charge in [-0.3, -0.25) is 4.79 Å². The van der Waals surface area contributed by atoms with Crippen LogP contribution in [0, 0.1) is 12.8 Å². The standard InChI is InChI=1S/C15H21NO3/c1-11-4-3-5-13(8-11)19-9-14(18)16-15(2,10-17)12-6-7-12/h3-5,8,12,17H,6-7,9-10H2,1-2H3,(H,16,18). The minimum atomic E-state index is -0.507. The summed E-state index contributed by atoms with van der Waals surface area (Å²) in [6, 6.07) is 7.58. The summed E-state index contributed by atoms with van der Waals surface area (Å²) in [6.45, 7) is 3.80. The number of amides is 1. The summed E-state index contributed by atoms with van der Waals surface area (Å²) in [5.41, 5.74) is 0.587. The molecule has 1 aliphatic rings. The van der Waals surface area contributed by atoms with E-state index in [1.165, 1.54) is 0 Å². The van der Waals surface area contributed by atoms with Gasteiger partial charge >= 0.3 is 0 Å². The summed E-state index contributed by atoms with van der Waals surface area (Å²) >= 11 is 0. The Kier molecular flexibility index (Phi) is 4.10. The summed E-state index contributed by atoms with van der Waals surface area (Å²) < 4.78 is 5.45. The summed E-state index contributed by atoms with van der Waals surface area (Å²) in [7, 11) is 0. The van der Waals surface area contributed by atoms with Gasteiger partial charge in [0, 0.05) is 0 Å². The molecule has 104 valence electrons. The Morgan fingerprint density at radius 1 is 1.53 bits per heavy atom. The van der Waals surface area contributed by atoms with Gasteiger partial charge in [0.2, 0.25) is 0 Å². The summed E-state index contributed by atoms with van der Waals surface area (Å²) in [5.74, 6) is 0.887. The molecule has 0 aromatic heterocycles. The second-order valence-corrected chi connectivity index (χ2v) is 5.50. The second kappa shape index (κ2) is 5.61. The maximum absolute atomic E-state index is 11.9. The van der Waals surface area contributed by atoms with E-state index in [4.69, 9.17) is 4.74 Å². The Hall–Kier alpha value is -1.55. The average Bonchev–Trinajstić information content (AvgIpc) is 3.21. The van der Waals surface area contributed by atoms with Crippen molar-refractivity contribution in [3.8, 4) is 5.75 Å². The number of nitrogens with one attached hydrogen (secondary N) is 1. The Labute approximate surface area is 113 Å². The van der Waals surface area contributed by atoms with E-state index in [0.717, 1.165) is 18.4 Å². The van der Waals surface area contributed by atoms with Gasteiger partial charge in [-0.25, -0.2) is 0 Å². The minimum Gasteiger partial charge on any atom is -0.484 e. The highest BCUT2D eigenvalue weighted by Crippen LogP contribution is 2.39. The smallest absolute Gasteiger partial charge is 0.258 e. The number of aliphatic hydroxyl groups is 1. The van der Waals surface area contributed by atoms with Gasteiger partial charge in [0.25, 0.3) is 5.91 Å². The highest BCUT2D eigenvalue weighted by molar-refractivity contribution is 5.78. The van der Waals surface area contributed by atoms with Crippen LogP contribution in [0.4, 0.5) is 0 Å². The zero-order valence-corrected chi connectivity index (χ0v) is 11.5. The fourth-order valence-corrected chi connectivity index (χ4v) is 2.20. The van der Waals surface area contributed by atoms with Crippen molar-refractivity contribution in [1.29, 1.82) is 0 Å². The van der Waals surface area contributed by atoms with Crippen molar-refractivity contribution >= 4 is 5.91 Å². The molecule has 0 heterocycles. The first-order valence-corrected chi connectivity index (χ1v) is 6.65. The average molecular weight is 263 g/mol. The molecule has 0 bridgehead atoms. The molecule has 1 unspecified atom stereocenters. The topological polar surface area (TPSA) is 58.6 Å². The lowest BCUT2D eigenvalue weighted by atomic mass is 9.97. The number of benzene rings is 1. The van der Waals surface area contributed by atoms with E-state index in [0.29, 0.717) is 11.7 Å². The molecule has 1 fully saturated rings. The van der Waals surface area contributed by atoms with Crippen LogP contribution in [0.5, 0.6) is 5.75 Å². The molecule has 1 saturated carbocycles. The quantitative estimate of drug-likeness (QED) is 0.820. The molecule has 1 aromatic carbocycles. The van der Waals surface area contributed by atoms with Crippen molar-refractivity contribution in [3.05, 3.63) is 29.8 Å².